The number of alkyl halides is 3. The number of allylic oxidation sites excluding steroid dienone is 2. The van der Waals surface area contributed by atoms with E-state index in [0.717, 1.165) is 11.1 Å². The average Bonchev–Trinajstić information content (AvgIpc) is 3.71. The van der Waals surface area contributed by atoms with Crippen LogP contribution in [0.2, 0.25) is 0 Å². The first-order valence-electron chi connectivity index (χ1n) is 15.6. The Labute approximate surface area is 275 Å². The van der Waals surface area contributed by atoms with Gasteiger partial charge in [-0.1, -0.05) is 13.8 Å². The standard InChI is InChI=1S/C35H39F3N4O6/c1-8-20-17(3)24(14-25-18(4)22(33(45)41-25)10-12-30(43)47-6)39-27(20)16-29-32(35(36,37)38)21(9-2)28(40-29)15-26-19(5)23(34(46)42-26)11-13-31(44)48-7/h14-16,39-40H,8-13H2,1-7H3,(H,42,46)/b24-14-,26-15-,27-16+. The van der Waals surface area contributed by atoms with Gasteiger partial charge in [0.25, 0.3) is 11.8 Å². The summed E-state index contributed by atoms with van der Waals surface area (Å²) in [5, 5.41) is 3.76. The molecule has 0 aliphatic carbocycles. The van der Waals surface area contributed by atoms with Crippen LogP contribution in [0.1, 0.15) is 87.0 Å². The molecule has 2 amide bonds. The van der Waals surface area contributed by atoms with Crippen molar-refractivity contribution in [2.24, 2.45) is 4.99 Å². The molecule has 0 spiro atoms. The maximum absolute atomic E-state index is 14.6. The number of hydrogen-bond acceptors (Lipinski definition) is 6. The number of carbonyl (C=O) groups excluding carboxylic acids is 4. The SMILES string of the molecule is CCc1c(/C=C2\NC(=O)C(CCC(=O)OC)=C2C)[nH]c(/C=c2/[nH]/c(=C\C3=NC(=O)C(CCC(=O)OC)=C3C)c(C)c2CC)c1C(F)(F)F. The normalized spacial score (nSPS) is 16.9. The summed E-state index contributed by atoms with van der Waals surface area (Å²) in [4.78, 5) is 58.8. The number of esters is 2. The van der Waals surface area contributed by atoms with Crippen LogP contribution in [0.5, 0.6) is 0 Å². The van der Waals surface area contributed by atoms with Crippen LogP contribution in [0.15, 0.2) is 33.0 Å². The number of carbonyl (C=O) groups is 4. The molecule has 4 heterocycles. The van der Waals surface area contributed by atoms with E-state index in [4.69, 9.17) is 0 Å². The molecule has 0 unspecified atom stereocenters. The Morgan fingerprint density at radius 2 is 1.40 bits per heavy atom. The molecule has 0 atom stereocenters. The van der Waals surface area contributed by atoms with Gasteiger partial charge >= 0.3 is 18.1 Å². The molecule has 0 aromatic carbocycles. The molecule has 2 aromatic heterocycles. The monoisotopic (exact) mass is 668 g/mol. The molecule has 2 aliphatic heterocycles. The van der Waals surface area contributed by atoms with Crippen LogP contribution in [-0.2, 0) is 47.7 Å². The molecule has 10 nitrogen and oxygen atoms in total. The lowest BCUT2D eigenvalue weighted by Gasteiger charge is -2.09. The second-order valence-electron chi connectivity index (χ2n) is 11.5. The highest BCUT2D eigenvalue weighted by Gasteiger charge is 2.38. The molecule has 0 fully saturated rings. The molecule has 0 radical (unpaired) electrons. The molecule has 3 N–H and O–H groups in total. The molecular weight excluding hydrogens is 629 g/mol. The number of aromatic nitrogens is 2. The number of halogens is 3. The van der Waals surface area contributed by atoms with Gasteiger partial charge in [0, 0.05) is 46.1 Å². The summed E-state index contributed by atoms with van der Waals surface area (Å²) in [5.41, 5.74) is 3.55. The first-order valence-corrected chi connectivity index (χ1v) is 15.6. The summed E-state index contributed by atoms with van der Waals surface area (Å²) in [7, 11) is 2.53. The summed E-state index contributed by atoms with van der Waals surface area (Å²) in [6.07, 6.45) is 0.833. The van der Waals surface area contributed by atoms with Crippen molar-refractivity contribution < 1.29 is 41.8 Å². The molecule has 13 heteroatoms. The average molecular weight is 669 g/mol. The number of nitrogens with zero attached hydrogens (tertiary/aromatic N) is 1. The summed E-state index contributed by atoms with van der Waals surface area (Å²) < 4.78 is 53.3. The van der Waals surface area contributed by atoms with Crippen molar-refractivity contribution in [3.8, 4) is 0 Å². The fourth-order valence-electron chi connectivity index (χ4n) is 6.07. The van der Waals surface area contributed by atoms with Gasteiger partial charge in [-0.2, -0.15) is 13.2 Å². The number of amides is 2. The third-order valence-corrected chi connectivity index (χ3v) is 8.78. The van der Waals surface area contributed by atoms with Crippen molar-refractivity contribution in [1.29, 1.82) is 0 Å². The van der Waals surface area contributed by atoms with Crippen LogP contribution >= 0.6 is 0 Å². The highest BCUT2D eigenvalue weighted by Crippen LogP contribution is 2.38. The van der Waals surface area contributed by atoms with Crippen molar-refractivity contribution in [3.05, 3.63) is 72.3 Å². The van der Waals surface area contributed by atoms with Gasteiger partial charge in [-0.25, -0.2) is 4.99 Å². The van der Waals surface area contributed by atoms with Crippen molar-refractivity contribution in [1.82, 2.24) is 15.3 Å². The number of H-pyrrole nitrogens is 2. The summed E-state index contributed by atoms with van der Waals surface area (Å²) in [6, 6.07) is 0. The van der Waals surface area contributed by atoms with E-state index in [0.29, 0.717) is 50.8 Å². The predicted octanol–water partition coefficient (Wildman–Crippen LogP) is 4.40. The minimum Gasteiger partial charge on any atom is -0.469 e. The highest BCUT2D eigenvalue weighted by atomic mass is 19.4. The zero-order valence-electron chi connectivity index (χ0n) is 28.0. The largest absolute Gasteiger partial charge is 0.469 e. The smallest absolute Gasteiger partial charge is 0.418 e. The van der Waals surface area contributed by atoms with Gasteiger partial charge in [-0.05, 0) is 92.5 Å². The van der Waals surface area contributed by atoms with Crippen LogP contribution in [0.3, 0.4) is 0 Å². The molecule has 256 valence electrons. The Kier molecular flexibility index (Phi) is 10.8. The summed E-state index contributed by atoms with van der Waals surface area (Å²) in [6.45, 7) is 8.78. The first-order chi connectivity index (χ1) is 22.6. The molecule has 0 saturated heterocycles. The lowest BCUT2D eigenvalue weighted by atomic mass is 10.0. The number of ether oxygens (including phenoxy) is 2. The third kappa shape index (κ3) is 7.29. The van der Waals surface area contributed by atoms with E-state index in [2.05, 4.69) is 29.8 Å². The van der Waals surface area contributed by atoms with Crippen LogP contribution in [0.25, 0.3) is 18.2 Å². The number of hydrogen-bond donors (Lipinski definition) is 3. The van der Waals surface area contributed by atoms with Gasteiger partial charge < -0.3 is 24.8 Å². The summed E-state index contributed by atoms with van der Waals surface area (Å²) >= 11 is 0. The predicted molar refractivity (Wildman–Crippen MR) is 174 cm³/mol. The topological polar surface area (TPSA) is 143 Å². The number of methoxy groups -OCH3 is 2. The van der Waals surface area contributed by atoms with E-state index in [1.54, 1.807) is 26.8 Å². The lowest BCUT2D eigenvalue weighted by molar-refractivity contribution is -0.141. The highest BCUT2D eigenvalue weighted by molar-refractivity contribution is 6.30. The second kappa shape index (κ2) is 14.4. The first kappa shape index (κ1) is 35.9. The number of aromatic amines is 2. The van der Waals surface area contributed by atoms with E-state index in [1.807, 2.05) is 13.8 Å². The molecule has 4 rings (SSSR count). The molecular formula is C35H39F3N4O6. The zero-order chi connectivity index (χ0) is 35.5. The zero-order valence-corrected chi connectivity index (χ0v) is 28.0. The van der Waals surface area contributed by atoms with E-state index in [1.165, 1.54) is 26.4 Å². The maximum atomic E-state index is 14.6. The van der Waals surface area contributed by atoms with Crippen LogP contribution < -0.4 is 16.0 Å². The summed E-state index contributed by atoms with van der Waals surface area (Å²) in [5.74, 6) is -1.77. The molecule has 2 aliphatic rings. The van der Waals surface area contributed by atoms with Crippen molar-refractivity contribution >= 4 is 47.7 Å². The van der Waals surface area contributed by atoms with Gasteiger partial charge in [0.15, 0.2) is 0 Å². The molecule has 0 bridgehead atoms. The second-order valence-corrected chi connectivity index (χ2v) is 11.5. The van der Waals surface area contributed by atoms with E-state index < -0.39 is 35.5 Å². The van der Waals surface area contributed by atoms with Crippen LogP contribution in [-0.4, -0.2) is 53.7 Å². The minimum absolute atomic E-state index is 0.00523. The molecule has 0 saturated carbocycles. The van der Waals surface area contributed by atoms with Crippen molar-refractivity contribution in [3.63, 3.8) is 0 Å². The maximum Gasteiger partial charge on any atom is 0.418 e. The Morgan fingerprint density at radius 3 is 1.96 bits per heavy atom. The third-order valence-electron chi connectivity index (χ3n) is 8.78. The Balaban J connectivity index is 1.82. The fourth-order valence-corrected chi connectivity index (χ4v) is 6.07. The quantitative estimate of drug-likeness (QED) is 0.303. The fraction of sp³-hybridized carbons (Fsp3) is 0.400. The van der Waals surface area contributed by atoms with E-state index in [-0.39, 0.29) is 49.1 Å². The number of rotatable bonds is 11. The van der Waals surface area contributed by atoms with E-state index >= 15 is 0 Å². The van der Waals surface area contributed by atoms with E-state index in [9.17, 15) is 32.3 Å². The van der Waals surface area contributed by atoms with Crippen LogP contribution in [0, 0.1) is 6.92 Å². The van der Waals surface area contributed by atoms with Crippen LogP contribution in [0.4, 0.5) is 13.2 Å². The van der Waals surface area contributed by atoms with Gasteiger partial charge in [-0.3, -0.25) is 19.2 Å². The van der Waals surface area contributed by atoms with Crippen molar-refractivity contribution in [2.75, 3.05) is 14.2 Å². The van der Waals surface area contributed by atoms with Gasteiger partial charge in [0.1, 0.15) is 0 Å². The number of aliphatic imine (C=N–C) groups is 1. The Morgan fingerprint density at radius 1 is 0.792 bits per heavy atom. The Hall–Kier alpha value is -4.94. The molecule has 48 heavy (non-hydrogen) atoms. The van der Waals surface area contributed by atoms with Gasteiger partial charge in [-0.15, -0.1) is 0 Å². The number of nitrogens with one attached hydrogen (secondary N) is 3. The minimum atomic E-state index is -4.69. The van der Waals surface area contributed by atoms with Gasteiger partial charge in [0.05, 0.1) is 31.2 Å². The Bertz CT molecular complexity index is 1940. The lowest BCUT2D eigenvalue weighted by Crippen LogP contribution is -2.17. The molecule has 2 aromatic rings. The van der Waals surface area contributed by atoms with Crippen molar-refractivity contribution in [2.45, 2.75) is 79.3 Å². The van der Waals surface area contributed by atoms with Gasteiger partial charge in [0.2, 0.25) is 0 Å².